The van der Waals surface area contributed by atoms with Crippen molar-refractivity contribution in [1.82, 2.24) is 14.9 Å². The lowest BCUT2D eigenvalue weighted by molar-refractivity contribution is -0.109. The number of benzene rings is 1. The Labute approximate surface area is 120 Å². The number of carbonyl (C=O) groups is 1. The molecule has 0 saturated carbocycles. The van der Waals surface area contributed by atoms with Crippen LogP contribution in [0.2, 0.25) is 0 Å². The topological polar surface area (TPSA) is 46.9 Å². The third-order valence-electron chi connectivity index (χ3n) is 3.55. The molecule has 0 bridgehead atoms. The Morgan fingerprint density at radius 1 is 1.25 bits per heavy atom. The zero-order chi connectivity index (χ0) is 14.2. The number of aromatic nitrogens is 2. The molecule has 4 nitrogen and oxygen atoms in total. The van der Waals surface area contributed by atoms with Gasteiger partial charge in [0.05, 0.1) is 11.0 Å². The number of carbonyl (C=O) groups excluding carboxylic acids is 1. The van der Waals surface area contributed by atoms with Gasteiger partial charge in [-0.15, -0.1) is 0 Å². The van der Waals surface area contributed by atoms with Gasteiger partial charge >= 0.3 is 0 Å². The lowest BCUT2D eigenvalue weighted by Crippen LogP contribution is -2.17. The lowest BCUT2D eigenvalue weighted by atomic mass is 10.2. The summed E-state index contributed by atoms with van der Waals surface area (Å²) in [6.45, 7) is 3.88. The third-order valence-corrected chi connectivity index (χ3v) is 3.55. The number of amides is 1. The fourth-order valence-corrected chi connectivity index (χ4v) is 2.51. The van der Waals surface area contributed by atoms with Gasteiger partial charge in [0.1, 0.15) is 5.82 Å². The average Bonchev–Trinajstić information content (AvgIpc) is 2.82. The molecular formula is C16H23N3O. The standard InChI is InChI=1S/C16H23N3O/c1-2-3-4-7-12-19-15-9-6-5-8-14(15)18-16(19)10-11-17-13-20/h5-6,8-9,13H,2-4,7,10-12H2,1H3,(H,17,20). The molecule has 0 aliphatic heterocycles. The lowest BCUT2D eigenvalue weighted by Gasteiger charge is -2.09. The number of imidazole rings is 1. The van der Waals surface area contributed by atoms with Gasteiger partial charge in [0, 0.05) is 19.5 Å². The van der Waals surface area contributed by atoms with E-state index in [9.17, 15) is 4.79 Å². The molecule has 0 spiro atoms. The number of unbranched alkanes of at least 4 members (excludes halogenated alkanes) is 3. The summed E-state index contributed by atoms with van der Waals surface area (Å²) >= 11 is 0. The molecule has 2 aromatic rings. The minimum absolute atomic E-state index is 0.641. The Hall–Kier alpha value is -1.84. The van der Waals surface area contributed by atoms with Crippen LogP contribution in [0.4, 0.5) is 0 Å². The Bertz CT molecular complexity index is 548. The molecular weight excluding hydrogens is 250 g/mol. The number of hydrogen-bond acceptors (Lipinski definition) is 2. The van der Waals surface area contributed by atoms with Crippen LogP contribution in [0.5, 0.6) is 0 Å². The predicted octanol–water partition coefficient (Wildman–Crippen LogP) is 2.91. The van der Waals surface area contributed by atoms with Gasteiger partial charge in [-0.1, -0.05) is 38.3 Å². The summed E-state index contributed by atoms with van der Waals surface area (Å²) in [6.07, 6.45) is 6.50. The van der Waals surface area contributed by atoms with Crippen LogP contribution in [0.1, 0.15) is 38.4 Å². The zero-order valence-corrected chi connectivity index (χ0v) is 12.1. The number of fused-ring (bicyclic) bond motifs is 1. The van der Waals surface area contributed by atoms with Crippen LogP contribution in [0.3, 0.4) is 0 Å². The van der Waals surface area contributed by atoms with Crippen LogP contribution in [-0.2, 0) is 17.8 Å². The molecule has 0 atom stereocenters. The average molecular weight is 273 g/mol. The summed E-state index contributed by atoms with van der Waals surface area (Å²) in [7, 11) is 0. The van der Waals surface area contributed by atoms with E-state index in [1.54, 1.807) is 0 Å². The van der Waals surface area contributed by atoms with E-state index in [4.69, 9.17) is 4.98 Å². The van der Waals surface area contributed by atoms with Gasteiger partial charge < -0.3 is 9.88 Å². The van der Waals surface area contributed by atoms with Gasteiger partial charge in [0.25, 0.3) is 0 Å². The van der Waals surface area contributed by atoms with E-state index in [-0.39, 0.29) is 0 Å². The van der Waals surface area contributed by atoms with Gasteiger partial charge in [0.2, 0.25) is 6.41 Å². The maximum absolute atomic E-state index is 10.4. The fraction of sp³-hybridized carbons (Fsp3) is 0.500. The first-order chi connectivity index (χ1) is 9.86. The van der Waals surface area contributed by atoms with Crippen molar-refractivity contribution in [2.45, 2.75) is 45.6 Å². The SMILES string of the molecule is CCCCCCn1c(CCNC=O)nc2ccccc21. The van der Waals surface area contributed by atoms with Crippen molar-refractivity contribution in [2.75, 3.05) is 6.54 Å². The van der Waals surface area contributed by atoms with Crippen LogP contribution in [0.25, 0.3) is 11.0 Å². The number of para-hydroxylation sites is 2. The number of nitrogens with one attached hydrogen (secondary N) is 1. The van der Waals surface area contributed by atoms with Gasteiger partial charge in [-0.2, -0.15) is 0 Å². The van der Waals surface area contributed by atoms with Gasteiger partial charge in [-0.25, -0.2) is 4.98 Å². The van der Waals surface area contributed by atoms with Crippen molar-refractivity contribution >= 4 is 17.4 Å². The molecule has 4 heteroatoms. The normalized spacial score (nSPS) is 10.8. The van der Waals surface area contributed by atoms with E-state index < -0.39 is 0 Å². The van der Waals surface area contributed by atoms with E-state index in [1.807, 2.05) is 6.07 Å². The van der Waals surface area contributed by atoms with Crippen molar-refractivity contribution < 1.29 is 4.79 Å². The highest BCUT2D eigenvalue weighted by Crippen LogP contribution is 2.17. The molecule has 0 fully saturated rings. The smallest absolute Gasteiger partial charge is 0.207 e. The molecule has 0 radical (unpaired) electrons. The second-order valence-corrected chi connectivity index (χ2v) is 5.05. The van der Waals surface area contributed by atoms with E-state index >= 15 is 0 Å². The first-order valence-electron chi connectivity index (χ1n) is 7.48. The molecule has 0 unspecified atom stereocenters. The Balaban J connectivity index is 2.13. The van der Waals surface area contributed by atoms with Crippen molar-refractivity contribution in [2.24, 2.45) is 0 Å². The second-order valence-electron chi connectivity index (χ2n) is 5.05. The maximum Gasteiger partial charge on any atom is 0.207 e. The Morgan fingerprint density at radius 2 is 2.10 bits per heavy atom. The summed E-state index contributed by atoms with van der Waals surface area (Å²) in [6, 6.07) is 8.25. The van der Waals surface area contributed by atoms with Gasteiger partial charge in [-0.05, 0) is 18.6 Å². The number of nitrogens with zero attached hydrogens (tertiary/aromatic N) is 2. The van der Waals surface area contributed by atoms with Crippen LogP contribution in [0.15, 0.2) is 24.3 Å². The molecule has 1 aromatic carbocycles. The van der Waals surface area contributed by atoms with Crippen LogP contribution >= 0.6 is 0 Å². The molecule has 1 amide bonds. The van der Waals surface area contributed by atoms with Crippen molar-refractivity contribution in [1.29, 1.82) is 0 Å². The van der Waals surface area contributed by atoms with E-state index in [0.29, 0.717) is 6.54 Å². The van der Waals surface area contributed by atoms with Crippen LogP contribution in [0, 0.1) is 0 Å². The monoisotopic (exact) mass is 273 g/mol. The predicted molar refractivity (Wildman–Crippen MR) is 81.6 cm³/mol. The molecule has 1 heterocycles. The number of rotatable bonds is 9. The van der Waals surface area contributed by atoms with E-state index in [2.05, 4.69) is 35.0 Å². The van der Waals surface area contributed by atoms with Crippen molar-refractivity contribution in [3.8, 4) is 0 Å². The molecule has 0 aliphatic rings. The first-order valence-corrected chi connectivity index (χ1v) is 7.48. The molecule has 1 aromatic heterocycles. The highest BCUT2D eigenvalue weighted by Gasteiger charge is 2.09. The maximum atomic E-state index is 10.4. The summed E-state index contributed by atoms with van der Waals surface area (Å²) in [5.74, 6) is 1.07. The molecule has 1 N–H and O–H groups in total. The highest BCUT2D eigenvalue weighted by molar-refractivity contribution is 5.75. The summed E-state index contributed by atoms with van der Waals surface area (Å²) in [4.78, 5) is 15.0. The molecule has 0 aliphatic carbocycles. The third kappa shape index (κ3) is 3.59. The first kappa shape index (κ1) is 14.6. The fourth-order valence-electron chi connectivity index (χ4n) is 2.51. The number of aryl methyl sites for hydroxylation is 1. The van der Waals surface area contributed by atoms with Gasteiger partial charge in [-0.3, -0.25) is 4.79 Å². The quantitative estimate of drug-likeness (QED) is 0.564. The second kappa shape index (κ2) is 7.68. The largest absolute Gasteiger partial charge is 0.358 e. The number of hydrogen-bond donors (Lipinski definition) is 1. The minimum Gasteiger partial charge on any atom is -0.358 e. The van der Waals surface area contributed by atoms with Crippen molar-refractivity contribution in [3.63, 3.8) is 0 Å². The van der Waals surface area contributed by atoms with Gasteiger partial charge in [0.15, 0.2) is 0 Å². The summed E-state index contributed by atoms with van der Waals surface area (Å²) in [5.41, 5.74) is 2.24. The molecule has 0 saturated heterocycles. The molecule has 20 heavy (non-hydrogen) atoms. The zero-order valence-electron chi connectivity index (χ0n) is 12.1. The van der Waals surface area contributed by atoms with Crippen LogP contribution < -0.4 is 5.32 Å². The van der Waals surface area contributed by atoms with Crippen molar-refractivity contribution in [3.05, 3.63) is 30.1 Å². The summed E-state index contributed by atoms with van der Waals surface area (Å²) < 4.78 is 2.30. The Morgan fingerprint density at radius 3 is 2.90 bits per heavy atom. The Kier molecular flexibility index (Phi) is 5.59. The molecule has 2 rings (SSSR count). The highest BCUT2D eigenvalue weighted by atomic mass is 16.1. The van der Waals surface area contributed by atoms with E-state index in [0.717, 1.165) is 30.7 Å². The van der Waals surface area contributed by atoms with Crippen LogP contribution in [-0.4, -0.2) is 22.5 Å². The summed E-state index contributed by atoms with van der Waals surface area (Å²) in [5, 5.41) is 2.71. The molecule has 108 valence electrons. The minimum atomic E-state index is 0.641. The van der Waals surface area contributed by atoms with E-state index in [1.165, 1.54) is 31.2 Å².